The van der Waals surface area contributed by atoms with Crippen LogP contribution in [0.2, 0.25) is 0 Å². The molecule has 7 nitrogen and oxygen atoms in total. The van der Waals surface area contributed by atoms with Crippen molar-refractivity contribution in [1.82, 2.24) is 10.3 Å². The number of rotatable bonds is 4. The third-order valence-electron chi connectivity index (χ3n) is 5.09. The molecule has 1 fully saturated rings. The molecule has 2 aromatic rings. The Hall–Kier alpha value is -2.93. The Balaban J connectivity index is 2.09. The first-order valence-electron chi connectivity index (χ1n) is 10.2. The van der Waals surface area contributed by atoms with E-state index in [9.17, 15) is 14.7 Å². The number of carbonyl (C=O) groups excluding carboxylic acids is 1. The van der Waals surface area contributed by atoms with Crippen LogP contribution in [0.4, 0.5) is 11.5 Å². The van der Waals surface area contributed by atoms with Crippen LogP contribution in [0, 0.1) is 13.8 Å². The molecule has 7 heteroatoms. The second-order valence-corrected chi connectivity index (χ2v) is 8.88. The molecule has 3 N–H and O–H groups in total. The molecule has 0 unspecified atom stereocenters. The lowest BCUT2D eigenvalue weighted by atomic mass is 9.88. The lowest BCUT2D eigenvalue weighted by Crippen LogP contribution is -2.44. The van der Waals surface area contributed by atoms with Gasteiger partial charge >= 0.3 is 5.97 Å². The van der Waals surface area contributed by atoms with Crippen LogP contribution in [-0.4, -0.2) is 48.1 Å². The van der Waals surface area contributed by atoms with Crippen molar-refractivity contribution in [1.29, 1.82) is 0 Å². The predicted molar refractivity (Wildman–Crippen MR) is 119 cm³/mol. The topological polar surface area (TPSA) is 94.6 Å². The van der Waals surface area contributed by atoms with Gasteiger partial charge in [-0.15, -0.1) is 0 Å². The predicted octanol–water partition coefficient (Wildman–Crippen LogP) is 3.36. The molecule has 0 atom stereocenters. The molecule has 0 radical (unpaired) electrons. The number of amides is 1. The maximum Gasteiger partial charge on any atom is 0.337 e. The Morgan fingerprint density at radius 3 is 2.20 bits per heavy atom. The van der Waals surface area contributed by atoms with Crippen LogP contribution >= 0.6 is 0 Å². The van der Waals surface area contributed by atoms with Gasteiger partial charge in [-0.1, -0.05) is 38.0 Å². The van der Waals surface area contributed by atoms with Gasteiger partial charge in [0, 0.05) is 37.2 Å². The number of benzene rings is 1. The molecule has 0 saturated carbocycles. The SMILES string of the molecule is Cc1cc(C)cc(C(=O)Nc2cc(C(=O)O)c(C(C)(C)C)nc2N2CCNCC2)c1. The minimum absolute atomic E-state index is 0.108. The van der Waals surface area contributed by atoms with Crippen molar-refractivity contribution >= 4 is 23.4 Å². The van der Waals surface area contributed by atoms with Gasteiger partial charge in [0.25, 0.3) is 5.91 Å². The number of hydrogen-bond donors (Lipinski definition) is 3. The fraction of sp³-hybridized carbons (Fsp3) is 0.435. The summed E-state index contributed by atoms with van der Waals surface area (Å²) in [6.45, 7) is 12.8. The first-order chi connectivity index (χ1) is 14.1. The summed E-state index contributed by atoms with van der Waals surface area (Å²) in [6, 6.07) is 7.20. The third kappa shape index (κ3) is 4.79. The number of aromatic nitrogens is 1. The summed E-state index contributed by atoms with van der Waals surface area (Å²) in [7, 11) is 0. The van der Waals surface area contributed by atoms with E-state index in [0.717, 1.165) is 37.3 Å². The number of piperazine rings is 1. The summed E-state index contributed by atoms with van der Waals surface area (Å²) < 4.78 is 0. The lowest BCUT2D eigenvalue weighted by Gasteiger charge is -2.32. The van der Waals surface area contributed by atoms with Gasteiger partial charge in [-0.05, 0) is 32.0 Å². The van der Waals surface area contributed by atoms with E-state index < -0.39 is 11.4 Å². The van der Waals surface area contributed by atoms with Crippen molar-refractivity contribution < 1.29 is 14.7 Å². The van der Waals surface area contributed by atoms with E-state index in [0.29, 0.717) is 22.8 Å². The highest BCUT2D eigenvalue weighted by molar-refractivity contribution is 6.06. The normalized spacial score (nSPS) is 14.5. The minimum atomic E-state index is -1.05. The lowest BCUT2D eigenvalue weighted by molar-refractivity contribution is 0.0693. The van der Waals surface area contributed by atoms with Gasteiger partial charge < -0.3 is 20.6 Å². The molecular formula is C23H30N4O3. The zero-order chi connectivity index (χ0) is 22.1. The molecule has 0 bridgehead atoms. The van der Waals surface area contributed by atoms with Gasteiger partial charge in [-0.2, -0.15) is 0 Å². The quantitative estimate of drug-likeness (QED) is 0.716. The van der Waals surface area contributed by atoms with E-state index in [-0.39, 0.29) is 11.5 Å². The second kappa shape index (κ2) is 8.44. The number of nitrogens with zero attached hydrogens (tertiary/aromatic N) is 2. The van der Waals surface area contributed by atoms with Crippen LogP contribution in [-0.2, 0) is 5.41 Å². The van der Waals surface area contributed by atoms with Crippen LogP contribution in [0.1, 0.15) is 58.3 Å². The van der Waals surface area contributed by atoms with Crippen molar-refractivity contribution in [3.8, 4) is 0 Å². The van der Waals surface area contributed by atoms with Crippen molar-refractivity contribution in [2.24, 2.45) is 0 Å². The number of carboxylic acid groups (broad SMARTS) is 1. The molecular weight excluding hydrogens is 380 g/mol. The van der Waals surface area contributed by atoms with Crippen LogP contribution in [0.3, 0.4) is 0 Å². The molecule has 30 heavy (non-hydrogen) atoms. The first kappa shape index (κ1) is 21.8. The number of pyridine rings is 1. The fourth-order valence-corrected chi connectivity index (χ4v) is 3.75. The van der Waals surface area contributed by atoms with E-state index >= 15 is 0 Å². The molecule has 1 aromatic carbocycles. The second-order valence-electron chi connectivity index (χ2n) is 8.88. The third-order valence-corrected chi connectivity index (χ3v) is 5.09. The minimum Gasteiger partial charge on any atom is -0.478 e. The highest BCUT2D eigenvalue weighted by Crippen LogP contribution is 2.33. The van der Waals surface area contributed by atoms with E-state index in [1.807, 2.05) is 52.8 Å². The average Bonchev–Trinajstić information content (AvgIpc) is 2.66. The van der Waals surface area contributed by atoms with Crippen molar-refractivity contribution in [2.75, 3.05) is 36.4 Å². The monoisotopic (exact) mass is 410 g/mol. The fourth-order valence-electron chi connectivity index (χ4n) is 3.75. The molecule has 1 saturated heterocycles. The number of aromatic carboxylic acids is 1. The molecule has 0 spiro atoms. The van der Waals surface area contributed by atoms with Crippen molar-refractivity contribution in [2.45, 2.75) is 40.0 Å². The summed E-state index contributed by atoms with van der Waals surface area (Å²) in [4.78, 5) is 31.8. The molecule has 1 aliphatic rings. The van der Waals surface area contributed by atoms with Crippen LogP contribution in [0.25, 0.3) is 0 Å². The van der Waals surface area contributed by atoms with Gasteiger partial charge in [0.05, 0.1) is 16.9 Å². The van der Waals surface area contributed by atoms with Gasteiger partial charge in [-0.3, -0.25) is 4.79 Å². The number of nitrogens with one attached hydrogen (secondary N) is 2. The Morgan fingerprint density at radius 1 is 1.07 bits per heavy atom. The van der Waals surface area contributed by atoms with E-state index in [1.165, 1.54) is 0 Å². The van der Waals surface area contributed by atoms with Crippen LogP contribution in [0.5, 0.6) is 0 Å². The molecule has 160 valence electrons. The van der Waals surface area contributed by atoms with Gasteiger partial charge in [0.15, 0.2) is 5.82 Å². The van der Waals surface area contributed by atoms with Gasteiger partial charge in [0.2, 0.25) is 0 Å². The number of hydrogen-bond acceptors (Lipinski definition) is 5. The zero-order valence-electron chi connectivity index (χ0n) is 18.3. The first-order valence-corrected chi connectivity index (χ1v) is 10.2. The summed E-state index contributed by atoms with van der Waals surface area (Å²) >= 11 is 0. The maximum absolute atomic E-state index is 13.0. The molecule has 1 aromatic heterocycles. The van der Waals surface area contributed by atoms with E-state index in [1.54, 1.807) is 6.07 Å². The van der Waals surface area contributed by atoms with E-state index in [4.69, 9.17) is 4.98 Å². The molecule has 2 heterocycles. The number of anilines is 2. The van der Waals surface area contributed by atoms with Gasteiger partial charge in [0.1, 0.15) is 0 Å². The molecule has 0 aliphatic carbocycles. The number of carboxylic acids is 1. The Labute approximate surface area is 177 Å². The van der Waals surface area contributed by atoms with Crippen LogP contribution < -0.4 is 15.5 Å². The Morgan fingerprint density at radius 2 is 1.67 bits per heavy atom. The maximum atomic E-state index is 13.0. The summed E-state index contributed by atoms with van der Waals surface area (Å²) in [5.74, 6) is -0.717. The Bertz CT molecular complexity index is 953. The van der Waals surface area contributed by atoms with Crippen LogP contribution in [0.15, 0.2) is 24.3 Å². The molecule has 1 amide bonds. The molecule has 3 rings (SSSR count). The highest BCUT2D eigenvalue weighted by atomic mass is 16.4. The smallest absolute Gasteiger partial charge is 0.337 e. The number of aryl methyl sites for hydroxylation is 2. The zero-order valence-corrected chi connectivity index (χ0v) is 18.3. The number of carbonyl (C=O) groups is 2. The largest absolute Gasteiger partial charge is 0.478 e. The standard InChI is InChI=1S/C23H30N4O3/c1-14-10-15(2)12-16(11-14)21(28)25-18-13-17(22(29)30)19(23(3,4)5)26-20(18)27-8-6-24-7-9-27/h10-13,24H,6-9H2,1-5H3,(H,25,28)(H,29,30). The van der Waals surface area contributed by atoms with Crippen molar-refractivity contribution in [3.05, 3.63) is 52.2 Å². The van der Waals surface area contributed by atoms with Crippen molar-refractivity contribution in [3.63, 3.8) is 0 Å². The average molecular weight is 411 g/mol. The molecule has 1 aliphatic heterocycles. The highest BCUT2D eigenvalue weighted by Gasteiger charge is 2.28. The Kier molecular flexibility index (Phi) is 6.12. The summed E-state index contributed by atoms with van der Waals surface area (Å²) in [5.41, 5.74) is 3.11. The summed E-state index contributed by atoms with van der Waals surface area (Å²) in [6.07, 6.45) is 0. The van der Waals surface area contributed by atoms with Gasteiger partial charge in [-0.25, -0.2) is 9.78 Å². The van der Waals surface area contributed by atoms with E-state index in [2.05, 4.69) is 15.5 Å². The summed E-state index contributed by atoms with van der Waals surface area (Å²) in [5, 5.41) is 16.0.